The lowest BCUT2D eigenvalue weighted by Gasteiger charge is -2.08. The van der Waals surface area contributed by atoms with Crippen molar-refractivity contribution >= 4 is 28.9 Å². The zero-order valence-electron chi connectivity index (χ0n) is 9.73. The quantitative estimate of drug-likeness (QED) is 0.877. The van der Waals surface area contributed by atoms with Crippen molar-refractivity contribution in [3.63, 3.8) is 0 Å². The number of nitrogen functional groups attached to an aromatic ring is 1. The second-order valence-electron chi connectivity index (χ2n) is 3.69. The molecule has 0 bridgehead atoms. The van der Waals surface area contributed by atoms with Crippen molar-refractivity contribution in [3.8, 4) is 11.4 Å². The van der Waals surface area contributed by atoms with E-state index in [9.17, 15) is 0 Å². The van der Waals surface area contributed by atoms with E-state index in [1.165, 1.54) is 0 Å². The number of hydrogen-bond acceptors (Lipinski definition) is 4. The summed E-state index contributed by atoms with van der Waals surface area (Å²) >= 11 is 12.0. The molecule has 2 aromatic rings. The average Bonchev–Trinajstić information content (AvgIpc) is 2.81. The molecule has 0 aliphatic carbocycles. The number of nitrogens with two attached hydrogens (primary N) is 1. The van der Waals surface area contributed by atoms with E-state index in [-0.39, 0.29) is 0 Å². The molecular formula is C11H12Cl2N4O. The summed E-state index contributed by atoms with van der Waals surface area (Å²) in [7, 11) is 1.64. The van der Waals surface area contributed by atoms with Gasteiger partial charge in [0.2, 0.25) is 0 Å². The first kappa shape index (κ1) is 13.1. The maximum absolute atomic E-state index is 6.00. The van der Waals surface area contributed by atoms with Crippen LogP contribution in [0.1, 0.15) is 0 Å². The molecule has 18 heavy (non-hydrogen) atoms. The largest absolute Gasteiger partial charge is 0.396 e. The summed E-state index contributed by atoms with van der Waals surface area (Å²) in [5.74, 6) is 0.677. The highest BCUT2D eigenvalue weighted by Crippen LogP contribution is 2.32. The van der Waals surface area contributed by atoms with Crippen LogP contribution in [0.25, 0.3) is 11.4 Å². The molecule has 1 aromatic carbocycles. The number of anilines is 1. The molecule has 2 rings (SSSR count). The second kappa shape index (κ2) is 5.56. The van der Waals surface area contributed by atoms with Crippen molar-refractivity contribution < 1.29 is 4.74 Å². The summed E-state index contributed by atoms with van der Waals surface area (Å²) in [5, 5.41) is 8.73. The predicted octanol–water partition coefficient (Wildman–Crippen LogP) is 2.48. The SMILES string of the molecule is COCCn1cnnc1-c1cc(Cl)c(N)c(Cl)c1. The summed E-state index contributed by atoms with van der Waals surface area (Å²) in [5.41, 5.74) is 6.83. The van der Waals surface area contributed by atoms with E-state index in [4.69, 9.17) is 33.7 Å². The van der Waals surface area contributed by atoms with Crippen molar-refractivity contribution in [3.05, 3.63) is 28.5 Å². The van der Waals surface area contributed by atoms with Gasteiger partial charge in [-0.15, -0.1) is 10.2 Å². The molecule has 1 aromatic heterocycles. The van der Waals surface area contributed by atoms with Crippen LogP contribution >= 0.6 is 23.2 Å². The van der Waals surface area contributed by atoms with Gasteiger partial charge in [0.15, 0.2) is 5.82 Å². The maximum atomic E-state index is 6.00. The van der Waals surface area contributed by atoms with Gasteiger partial charge in [0.1, 0.15) is 6.33 Å². The van der Waals surface area contributed by atoms with Gasteiger partial charge >= 0.3 is 0 Å². The van der Waals surface area contributed by atoms with Gasteiger partial charge in [-0.05, 0) is 12.1 Å². The van der Waals surface area contributed by atoms with Gasteiger partial charge in [-0.2, -0.15) is 0 Å². The van der Waals surface area contributed by atoms with Crippen molar-refractivity contribution in [1.82, 2.24) is 14.8 Å². The summed E-state index contributed by atoms with van der Waals surface area (Å²) in [6.07, 6.45) is 1.63. The Labute approximate surface area is 114 Å². The van der Waals surface area contributed by atoms with Crippen LogP contribution in [-0.4, -0.2) is 28.5 Å². The number of benzene rings is 1. The molecule has 96 valence electrons. The van der Waals surface area contributed by atoms with Gasteiger partial charge in [-0.1, -0.05) is 23.2 Å². The first-order chi connectivity index (χ1) is 8.63. The van der Waals surface area contributed by atoms with Crippen LogP contribution in [0.2, 0.25) is 10.0 Å². The van der Waals surface area contributed by atoms with E-state index in [1.807, 2.05) is 4.57 Å². The van der Waals surface area contributed by atoms with Crippen LogP contribution in [-0.2, 0) is 11.3 Å². The monoisotopic (exact) mass is 286 g/mol. The van der Waals surface area contributed by atoms with E-state index in [2.05, 4.69) is 10.2 Å². The van der Waals surface area contributed by atoms with Gasteiger partial charge in [0.25, 0.3) is 0 Å². The number of rotatable bonds is 4. The molecule has 2 N–H and O–H groups in total. The molecule has 0 amide bonds. The maximum Gasteiger partial charge on any atom is 0.163 e. The Balaban J connectivity index is 2.40. The molecule has 0 atom stereocenters. The third-order valence-corrected chi connectivity index (χ3v) is 3.11. The first-order valence-electron chi connectivity index (χ1n) is 5.25. The van der Waals surface area contributed by atoms with Gasteiger partial charge in [0, 0.05) is 19.2 Å². The molecule has 0 fully saturated rings. The van der Waals surface area contributed by atoms with Crippen molar-refractivity contribution in [2.75, 3.05) is 19.5 Å². The minimum Gasteiger partial charge on any atom is -0.396 e. The molecule has 0 spiro atoms. The average molecular weight is 287 g/mol. The summed E-state index contributed by atoms with van der Waals surface area (Å²) in [4.78, 5) is 0. The molecule has 0 unspecified atom stereocenters. The molecular weight excluding hydrogens is 275 g/mol. The van der Waals surface area contributed by atoms with Crippen molar-refractivity contribution in [1.29, 1.82) is 0 Å². The molecule has 0 radical (unpaired) electrons. The highest BCUT2D eigenvalue weighted by Gasteiger charge is 2.11. The Morgan fingerprint density at radius 2 is 2.00 bits per heavy atom. The summed E-state index contributed by atoms with van der Waals surface area (Å²) in [6.45, 7) is 1.22. The number of halogens is 2. The third kappa shape index (κ3) is 2.58. The molecule has 1 heterocycles. The normalized spacial score (nSPS) is 10.8. The van der Waals surface area contributed by atoms with Crippen LogP contribution in [0.15, 0.2) is 18.5 Å². The highest BCUT2D eigenvalue weighted by atomic mass is 35.5. The fourth-order valence-electron chi connectivity index (χ4n) is 1.55. The van der Waals surface area contributed by atoms with Crippen LogP contribution in [0.3, 0.4) is 0 Å². The number of methoxy groups -OCH3 is 1. The molecule has 0 aliphatic rings. The Kier molecular flexibility index (Phi) is 4.06. The first-order valence-corrected chi connectivity index (χ1v) is 6.00. The fraction of sp³-hybridized carbons (Fsp3) is 0.273. The van der Waals surface area contributed by atoms with E-state index in [1.54, 1.807) is 25.6 Å². The molecule has 5 nitrogen and oxygen atoms in total. The van der Waals surface area contributed by atoms with Gasteiger partial charge in [-0.3, -0.25) is 0 Å². The van der Waals surface area contributed by atoms with Crippen LogP contribution < -0.4 is 5.73 Å². The smallest absolute Gasteiger partial charge is 0.163 e. The minimum atomic E-state index is 0.366. The topological polar surface area (TPSA) is 66.0 Å². The van der Waals surface area contributed by atoms with Gasteiger partial charge < -0.3 is 15.0 Å². The van der Waals surface area contributed by atoms with E-state index >= 15 is 0 Å². The predicted molar refractivity (Wildman–Crippen MR) is 71.8 cm³/mol. The Hall–Kier alpha value is -1.30. The fourth-order valence-corrected chi connectivity index (χ4v) is 2.03. The number of ether oxygens (including phenoxy) is 1. The van der Waals surface area contributed by atoms with Crippen LogP contribution in [0.5, 0.6) is 0 Å². The minimum absolute atomic E-state index is 0.366. The van der Waals surface area contributed by atoms with Crippen LogP contribution in [0.4, 0.5) is 5.69 Å². The standard InChI is InChI=1S/C11H12Cl2N4O/c1-18-3-2-17-6-15-16-11(17)7-4-8(12)10(14)9(13)5-7/h4-6H,2-3,14H2,1H3. The number of nitrogens with zero attached hydrogens (tertiary/aromatic N) is 3. The summed E-state index contributed by atoms with van der Waals surface area (Å²) in [6, 6.07) is 3.44. The second-order valence-corrected chi connectivity index (χ2v) is 4.51. The number of hydrogen-bond donors (Lipinski definition) is 1. The lowest BCUT2D eigenvalue weighted by Crippen LogP contribution is -2.05. The Morgan fingerprint density at radius 3 is 2.61 bits per heavy atom. The zero-order chi connectivity index (χ0) is 13.1. The summed E-state index contributed by atoms with van der Waals surface area (Å²) < 4.78 is 6.89. The van der Waals surface area contributed by atoms with Crippen molar-refractivity contribution in [2.45, 2.75) is 6.54 Å². The third-order valence-electron chi connectivity index (χ3n) is 2.49. The van der Waals surface area contributed by atoms with E-state index < -0.39 is 0 Å². The Morgan fingerprint density at radius 1 is 1.33 bits per heavy atom. The number of aromatic nitrogens is 3. The van der Waals surface area contributed by atoms with Gasteiger partial charge in [0.05, 0.1) is 22.3 Å². The molecule has 7 heteroatoms. The highest BCUT2D eigenvalue weighted by molar-refractivity contribution is 6.39. The molecule has 0 aliphatic heterocycles. The molecule has 0 saturated carbocycles. The lowest BCUT2D eigenvalue weighted by atomic mass is 10.2. The molecule has 0 saturated heterocycles. The van der Waals surface area contributed by atoms with E-state index in [0.717, 1.165) is 5.56 Å². The lowest BCUT2D eigenvalue weighted by molar-refractivity contribution is 0.187. The van der Waals surface area contributed by atoms with Gasteiger partial charge in [-0.25, -0.2) is 0 Å². The van der Waals surface area contributed by atoms with Crippen molar-refractivity contribution in [2.24, 2.45) is 0 Å². The van der Waals surface area contributed by atoms with Crippen LogP contribution in [0, 0.1) is 0 Å². The zero-order valence-corrected chi connectivity index (χ0v) is 11.2. The Bertz CT molecular complexity index is 533. The van der Waals surface area contributed by atoms with E-state index in [0.29, 0.717) is 34.7 Å².